The normalized spacial score (nSPS) is 16.8. The topological polar surface area (TPSA) is 0 Å². The van der Waals surface area contributed by atoms with Gasteiger partial charge in [-0.05, 0) is 43.4 Å². The molecule has 0 aromatic heterocycles. The van der Waals surface area contributed by atoms with E-state index in [0.29, 0.717) is 0 Å². The average molecular weight is 376 g/mol. The van der Waals surface area contributed by atoms with Crippen molar-refractivity contribution in [2.75, 3.05) is 0 Å². The monoisotopic (exact) mass is 376 g/mol. The highest BCUT2D eigenvalue weighted by atomic mass is 19.4. The summed E-state index contributed by atoms with van der Waals surface area (Å²) in [4.78, 5) is 0. The smallest absolute Gasteiger partial charge is 0.171 e. The molecule has 1 atom stereocenters. The molecule has 0 spiro atoms. The first-order valence-corrected chi connectivity index (χ1v) is 9.23. The molecule has 0 heterocycles. The summed E-state index contributed by atoms with van der Waals surface area (Å²) >= 11 is 0. The number of hydrogen-bond donors (Lipinski definition) is 0. The van der Waals surface area contributed by atoms with Gasteiger partial charge >= 0.3 is 12.4 Å². The Hall–Kier alpha value is -0.420. The molecule has 0 nitrogen and oxygen atoms in total. The van der Waals surface area contributed by atoms with E-state index in [0.717, 1.165) is 0 Å². The molecule has 1 unspecified atom stereocenters. The lowest BCUT2D eigenvalue weighted by atomic mass is 9.63. The maximum atomic E-state index is 13.9. The van der Waals surface area contributed by atoms with Gasteiger partial charge in [-0.2, -0.15) is 26.3 Å². The van der Waals surface area contributed by atoms with E-state index in [1.165, 1.54) is 20.8 Å². The molecule has 0 aliphatic carbocycles. The number of hydrogen-bond acceptors (Lipinski definition) is 0. The Morgan fingerprint density at radius 1 is 0.680 bits per heavy atom. The lowest BCUT2D eigenvalue weighted by molar-refractivity contribution is -0.254. The summed E-state index contributed by atoms with van der Waals surface area (Å²) in [6.45, 7) is 11.1. The van der Waals surface area contributed by atoms with E-state index in [1.54, 1.807) is 27.7 Å². The Bertz CT molecular complexity index is 382. The predicted octanol–water partition coefficient (Wildman–Crippen LogP) is 8.02. The molecule has 0 aliphatic heterocycles. The highest BCUT2D eigenvalue weighted by Gasteiger charge is 2.57. The van der Waals surface area contributed by atoms with Gasteiger partial charge in [0.15, 0.2) is 0 Å². The summed E-state index contributed by atoms with van der Waals surface area (Å²) in [5.41, 5.74) is -3.86. The Morgan fingerprint density at radius 3 is 1.32 bits per heavy atom. The van der Waals surface area contributed by atoms with E-state index in [2.05, 4.69) is 0 Å². The van der Waals surface area contributed by atoms with Crippen LogP contribution in [0.1, 0.15) is 80.6 Å². The summed E-state index contributed by atoms with van der Waals surface area (Å²) in [6, 6.07) is 0. The van der Waals surface area contributed by atoms with Crippen LogP contribution in [0.25, 0.3) is 0 Å². The van der Waals surface area contributed by atoms with Crippen LogP contribution in [0, 0.1) is 28.6 Å². The van der Waals surface area contributed by atoms with Crippen molar-refractivity contribution in [3.8, 4) is 0 Å². The van der Waals surface area contributed by atoms with Gasteiger partial charge in [0, 0.05) is 0 Å². The second-order valence-corrected chi connectivity index (χ2v) is 8.27. The highest BCUT2D eigenvalue weighted by molar-refractivity contribution is 4.93. The zero-order valence-corrected chi connectivity index (χ0v) is 16.5. The van der Waals surface area contributed by atoms with E-state index in [9.17, 15) is 26.3 Å². The SMILES string of the molecule is CCC(CC)(CCCC(C)(C(C(C)C)C(C)C)C(F)(F)F)C(F)(F)F. The Morgan fingerprint density at radius 2 is 1.08 bits per heavy atom. The fourth-order valence-electron chi connectivity index (χ4n) is 4.68. The van der Waals surface area contributed by atoms with Gasteiger partial charge in [-0.3, -0.25) is 0 Å². The average Bonchev–Trinajstić information content (AvgIpc) is 2.40. The molecular formula is C19H34F6. The standard InChI is InChI=1S/C19H34F6/c1-8-17(9-2,19(23,24)25)12-10-11-16(7,18(20,21)22)15(13(3)4)14(5)6/h13-15H,8-12H2,1-7H3. The van der Waals surface area contributed by atoms with Crippen LogP contribution in [0.4, 0.5) is 26.3 Å². The van der Waals surface area contributed by atoms with Gasteiger partial charge in [0.05, 0.1) is 10.8 Å². The van der Waals surface area contributed by atoms with Crippen LogP contribution >= 0.6 is 0 Å². The van der Waals surface area contributed by atoms with Crippen molar-refractivity contribution in [3.05, 3.63) is 0 Å². The Balaban J connectivity index is 5.52. The van der Waals surface area contributed by atoms with Crippen molar-refractivity contribution in [3.63, 3.8) is 0 Å². The van der Waals surface area contributed by atoms with Crippen molar-refractivity contribution >= 4 is 0 Å². The minimum atomic E-state index is -4.44. The zero-order valence-electron chi connectivity index (χ0n) is 16.5. The van der Waals surface area contributed by atoms with Gasteiger partial charge in [0.25, 0.3) is 0 Å². The van der Waals surface area contributed by atoms with E-state index < -0.39 is 29.1 Å². The molecule has 6 heteroatoms. The second-order valence-electron chi connectivity index (χ2n) is 8.27. The largest absolute Gasteiger partial charge is 0.394 e. The lowest BCUT2D eigenvalue weighted by Crippen LogP contribution is -2.46. The second kappa shape index (κ2) is 8.51. The van der Waals surface area contributed by atoms with Crippen LogP contribution in [0.15, 0.2) is 0 Å². The number of rotatable bonds is 9. The molecule has 0 rings (SSSR count). The molecular weight excluding hydrogens is 342 g/mol. The maximum Gasteiger partial charge on any atom is 0.394 e. The van der Waals surface area contributed by atoms with Crippen molar-refractivity contribution < 1.29 is 26.3 Å². The molecule has 0 N–H and O–H groups in total. The minimum absolute atomic E-state index is 0.0762. The molecule has 0 bridgehead atoms. The first-order chi connectivity index (χ1) is 11.1. The summed E-state index contributed by atoms with van der Waals surface area (Å²) in [5.74, 6) is -1.02. The van der Waals surface area contributed by atoms with Gasteiger partial charge < -0.3 is 0 Å². The van der Waals surface area contributed by atoms with E-state index in [4.69, 9.17) is 0 Å². The Kier molecular flexibility index (Phi) is 8.37. The van der Waals surface area contributed by atoms with Crippen molar-refractivity contribution in [2.24, 2.45) is 28.6 Å². The molecule has 0 aromatic carbocycles. The fraction of sp³-hybridized carbons (Fsp3) is 1.00. The van der Waals surface area contributed by atoms with E-state index >= 15 is 0 Å². The van der Waals surface area contributed by atoms with Crippen LogP contribution in [0.3, 0.4) is 0 Å². The van der Waals surface area contributed by atoms with Crippen LogP contribution in [-0.2, 0) is 0 Å². The summed E-state index contributed by atoms with van der Waals surface area (Å²) < 4.78 is 81.9. The number of alkyl halides is 6. The van der Waals surface area contributed by atoms with Gasteiger partial charge in [0.2, 0.25) is 0 Å². The van der Waals surface area contributed by atoms with Crippen molar-refractivity contribution in [1.82, 2.24) is 0 Å². The molecule has 0 radical (unpaired) electrons. The molecule has 25 heavy (non-hydrogen) atoms. The van der Waals surface area contributed by atoms with Crippen LogP contribution in [-0.4, -0.2) is 12.4 Å². The third-order valence-electron chi connectivity index (χ3n) is 6.13. The Labute approximate surface area is 148 Å². The molecule has 0 saturated carbocycles. The molecule has 0 aromatic rings. The van der Waals surface area contributed by atoms with E-state index in [1.807, 2.05) is 0 Å². The first-order valence-electron chi connectivity index (χ1n) is 9.23. The summed E-state index contributed by atoms with van der Waals surface area (Å²) in [6.07, 6.45) is -9.63. The van der Waals surface area contributed by atoms with Gasteiger partial charge in [-0.15, -0.1) is 0 Å². The summed E-state index contributed by atoms with van der Waals surface area (Å²) in [7, 11) is 0. The van der Waals surface area contributed by atoms with Crippen LogP contribution in [0.2, 0.25) is 0 Å². The minimum Gasteiger partial charge on any atom is -0.171 e. The highest BCUT2D eigenvalue weighted by Crippen LogP contribution is 2.54. The lowest BCUT2D eigenvalue weighted by Gasteiger charge is -2.44. The summed E-state index contributed by atoms with van der Waals surface area (Å²) in [5, 5.41) is 0. The van der Waals surface area contributed by atoms with Gasteiger partial charge in [0.1, 0.15) is 0 Å². The van der Waals surface area contributed by atoms with Crippen LogP contribution < -0.4 is 0 Å². The molecule has 152 valence electrons. The molecule has 0 fully saturated rings. The predicted molar refractivity (Wildman–Crippen MR) is 90.2 cm³/mol. The molecule has 0 amide bonds. The third-order valence-corrected chi connectivity index (χ3v) is 6.13. The van der Waals surface area contributed by atoms with Gasteiger partial charge in [-0.1, -0.05) is 54.9 Å². The quantitative estimate of drug-likeness (QED) is 0.357. The fourth-order valence-corrected chi connectivity index (χ4v) is 4.68. The van der Waals surface area contributed by atoms with Crippen molar-refractivity contribution in [1.29, 1.82) is 0 Å². The van der Waals surface area contributed by atoms with Gasteiger partial charge in [-0.25, -0.2) is 0 Å². The third kappa shape index (κ3) is 5.29. The molecule has 0 aliphatic rings. The van der Waals surface area contributed by atoms with E-state index in [-0.39, 0.29) is 43.9 Å². The first kappa shape index (κ1) is 24.6. The molecule has 0 saturated heterocycles. The van der Waals surface area contributed by atoms with Crippen molar-refractivity contribution in [2.45, 2.75) is 92.9 Å². The number of halogens is 6. The zero-order chi connectivity index (χ0) is 20.3. The van der Waals surface area contributed by atoms with Crippen LogP contribution in [0.5, 0.6) is 0 Å². The maximum absolute atomic E-state index is 13.9.